The summed E-state index contributed by atoms with van der Waals surface area (Å²) in [7, 11) is 0. The van der Waals surface area contributed by atoms with E-state index in [1.807, 2.05) is 0 Å². The van der Waals surface area contributed by atoms with E-state index in [9.17, 15) is 0 Å². The largest absolute Gasteiger partial charge is 0.0590 e. The lowest BCUT2D eigenvalue weighted by molar-refractivity contribution is 1.04. The number of aryl methyl sites for hydroxylation is 4. The Labute approximate surface area is 200 Å². The Morgan fingerprint density at radius 2 is 0.667 bits per heavy atom. The molecule has 0 saturated carbocycles. The summed E-state index contributed by atoms with van der Waals surface area (Å²) in [5.74, 6) is 0. The van der Waals surface area contributed by atoms with Crippen molar-refractivity contribution in [2.45, 2.75) is 60.8 Å². The molecule has 0 aliphatic carbocycles. The summed E-state index contributed by atoms with van der Waals surface area (Å²) in [4.78, 5) is 0. The van der Waals surface area contributed by atoms with Crippen molar-refractivity contribution in [3.63, 3.8) is 0 Å². The molecule has 4 aromatic carbocycles. The third-order valence-electron chi connectivity index (χ3n) is 6.95. The molecule has 0 bridgehead atoms. The maximum atomic E-state index is 2.38. The van der Waals surface area contributed by atoms with Crippen LogP contribution in [-0.4, -0.2) is 0 Å². The van der Waals surface area contributed by atoms with Gasteiger partial charge in [-0.15, -0.1) is 0 Å². The van der Waals surface area contributed by atoms with Crippen molar-refractivity contribution < 1.29 is 0 Å². The van der Waals surface area contributed by atoms with Gasteiger partial charge in [0.1, 0.15) is 0 Å². The van der Waals surface area contributed by atoms with Crippen LogP contribution in [0.5, 0.6) is 0 Å². The molecule has 33 heavy (non-hydrogen) atoms. The molecule has 0 saturated heterocycles. The average molecular weight is 433 g/mol. The molecule has 0 radical (unpaired) electrons. The summed E-state index contributed by atoms with van der Waals surface area (Å²) in [5, 5.41) is 0. The summed E-state index contributed by atoms with van der Waals surface area (Å²) in [6.45, 7) is 13.4. The molecule has 168 valence electrons. The van der Waals surface area contributed by atoms with E-state index >= 15 is 0 Å². The van der Waals surface area contributed by atoms with Gasteiger partial charge in [0, 0.05) is 0 Å². The van der Waals surface area contributed by atoms with Crippen LogP contribution in [0.2, 0.25) is 0 Å². The van der Waals surface area contributed by atoms with Crippen LogP contribution in [0.4, 0.5) is 0 Å². The highest BCUT2D eigenvalue weighted by molar-refractivity contribution is 5.47. The van der Waals surface area contributed by atoms with E-state index in [-0.39, 0.29) is 0 Å². The van der Waals surface area contributed by atoms with Gasteiger partial charge in [0.2, 0.25) is 0 Å². The number of hydrogen-bond donors (Lipinski definition) is 0. The van der Waals surface area contributed by atoms with Gasteiger partial charge in [-0.1, -0.05) is 95.1 Å². The van der Waals surface area contributed by atoms with Crippen molar-refractivity contribution in [3.8, 4) is 0 Å². The molecular weight excluding hydrogens is 396 g/mol. The van der Waals surface area contributed by atoms with Crippen molar-refractivity contribution in [3.05, 3.63) is 140 Å². The second kappa shape index (κ2) is 9.79. The zero-order valence-electron chi connectivity index (χ0n) is 21.0. The first-order valence-corrected chi connectivity index (χ1v) is 12.1. The Hall–Kier alpha value is -3.12. The standard InChI is InChI=1S/C33H36/c1-22-7-11-28(12-8-22)19-30-15-24(3)17-32(26(30)5)21-33-18-25(4)16-31(27(33)6)20-29-13-9-23(2)10-14-29/h7-18H,19-21H2,1-6H3. The van der Waals surface area contributed by atoms with Gasteiger partial charge in [0.05, 0.1) is 0 Å². The first kappa shape index (κ1) is 23.1. The van der Waals surface area contributed by atoms with Crippen molar-refractivity contribution >= 4 is 0 Å². The third kappa shape index (κ3) is 5.63. The minimum Gasteiger partial charge on any atom is -0.0590 e. The zero-order valence-corrected chi connectivity index (χ0v) is 21.0. The average Bonchev–Trinajstić information content (AvgIpc) is 2.77. The second-order valence-electron chi connectivity index (χ2n) is 9.92. The van der Waals surface area contributed by atoms with Crippen LogP contribution in [0, 0.1) is 41.5 Å². The Kier molecular flexibility index (Phi) is 6.84. The highest BCUT2D eigenvalue weighted by Gasteiger charge is 2.12. The molecule has 0 N–H and O–H groups in total. The molecule has 0 heterocycles. The molecule has 0 heteroatoms. The fourth-order valence-electron chi connectivity index (χ4n) is 4.82. The molecule has 0 amide bonds. The SMILES string of the molecule is Cc1ccc(Cc2cc(C)cc(Cc3cc(C)cc(Cc4ccc(C)cc4)c3C)c2C)cc1. The Balaban J connectivity index is 1.64. The molecule has 0 atom stereocenters. The highest BCUT2D eigenvalue weighted by atomic mass is 14.2. The van der Waals surface area contributed by atoms with Gasteiger partial charge < -0.3 is 0 Å². The van der Waals surface area contributed by atoms with Crippen LogP contribution in [-0.2, 0) is 19.3 Å². The Morgan fingerprint density at radius 1 is 0.364 bits per heavy atom. The second-order valence-corrected chi connectivity index (χ2v) is 9.92. The predicted octanol–water partition coefficient (Wildman–Crippen LogP) is 8.31. The summed E-state index contributed by atoms with van der Waals surface area (Å²) < 4.78 is 0. The molecule has 0 nitrogen and oxygen atoms in total. The van der Waals surface area contributed by atoms with Gasteiger partial charge in [-0.3, -0.25) is 0 Å². The molecule has 4 aromatic rings. The van der Waals surface area contributed by atoms with Crippen LogP contribution in [0.1, 0.15) is 66.8 Å². The molecule has 0 unspecified atom stereocenters. The first-order valence-electron chi connectivity index (χ1n) is 12.1. The molecule has 0 spiro atoms. The monoisotopic (exact) mass is 432 g/mol. The number of hydrogen-bond acceptors (Lipinski definition) is 0. The van der Waals surface area contributed by atoms with Crippen molar-refractivity contribution in [1.29, 1.82) is 0 Å². The normalized spacial score (nSPS) is 11.1. The fraction of sp³-hybridized carbons (Fsp3) is 0.273. The maximum Gasteiger partial charge on any atom is -0.00201 e. The number of rotatable bonds is 6. The van der Waals surface area contributed by atoms with E-state index in [0.717, 1.165) is 19.3 Å². The third-order valence-corrected chi connectivity index (χ3v) is 6.95. The van der Waals surface area contributed by atoms with E-state index in [4.69, 9.17) is 0 Å². The fourth-order valence-corrected chi connectivity index (χ4v) is 4.82. The molecule has 0 aliphatic rings. The van der Waals surface area contributed by atoms with E-state index in [2.05, 4.69) is 114 Å². The van der Waals surface area contributed by atoms with Gasteiger partial charge in [0.15, 0.2) is 0 Å². The van der Waals surface area contributed by atoms with E-state index < -0.39 is 0 Å². The van der Waals surface area contributed by atoms with Crippen molar-refractivity contribution in [2.75, 3.05) is 0 Å². The number of benzene rings is 4. The zero-order chi connectivity index (χ0) is 23.5. The van der Waals surface area contributed by atoms with Gasteiger partial charge in [-0.2, -0.15) is 0 Å². The van der Waals surface area contributed by atoms with E-state index in [0.29, 0.717) is 0 Å². The van der Waals surface area contributed by atoms with E-state index in [1.165, 1.54) is 66.8 Å². The Bertz CT molecular complexity index is 1150. The van der Waals surface area contributed by atoms with Crippen molar-refractivity contribution in [1.82, 2.24) is 0 Å². The highest BCUT2D eigenvalue weighted by Crippen LogP contribution is 2.27. The molecule has 0 aromatic heterocycles. The van der Waals surface area contributed by atoms with E-state index in [1.54, 1.807) is 0 Å². The lowest BCUT2D eigenvalue weighted by Crippen LogP contribution is -2.03. The minimum atomic E-state index is 0.989. The smallest absolute Gasteiger partial charge is 0.00201 e. The van der Waals surface area contributed by atoms with Crippen LogP contribution >= 0.6 is 0 Å². The molecule has 0 fully saturated rings. The predicted molar refractivity (Wildman–Crippen MR) is 143 cm³/mol. The Morgan fingerprint density at radius 3 is 1.00 bits per heavy atom. The topological polar surface area (TPSA) is 0 Å². The van der Waals surface area contributed by atoms with Crippen LogP contribution < -0.4 is 0 Å². The van der Waals surface area contributed by atoms with Crippen molar-refractivity contribution in [2.24, 2.45) is 0 Å². The molecule has 0 aliphatic heterocycles. The molecule has 4 rings (SSSR count). The van der Waals surface area contributed by atoms with Gasteiger partial charge in [0.25, 0.3) is 0 Å². The van der Waals surface area contributed by atoms with Crippen LogP contribution in [0.3, 0.4) is 0 Å². The maximum absolute atomic E-state index is 2.38. The van der Waals surface area contributed by atoms with Gasteiger partial charge >= 0.3 is 0 Å². The lowest BCUT2D eigenvalue weighted by Gasteiger charge is -2.17. The molecular formula is C33H36. The van der Waals surface area contributed by atoms with Crippen LogP contribution in [0.25, 0.3) is 0 Å². The quantitative estimate of drug-likeness (QED) is 0.287. The first-order chi connectivity index (χ1) is 15.8. The summed E-state index contributed by atoms with van der Waals surface area (Å²) in [6, 6.07) is 27.4. The lowest BCUT2D eigenvalue weighted by atomic mass is 9.88. The minimum absolute atomic E-state index is 0.989. The summed E-state index contributed by atoms with van der Waals surface area (Å²) in [5.41, 5.74) is 16.8. The van der Waals surface area contributed by atoms with Gasteiger partial charge in [-0.25, -0.2) is 0 Å². The van der Waals surface area contributed by atoms with Crippen LogP contribution in [0.15, 0.2) is 72.8 Å². The summed E-state index contributed by atoms with van der Waals surface area (Å²) in [6.07, 6.45) is 2.97. The summed E-state index contributed by atoms with van der Waals surface area (Å²) >= 11 is 0. The van der Waals surface area contributed by atoms with Gasteiger partial charge in [-0.05, 0) is 105 Å².